The summed E-state index contributed by atoms with van der Waals surface area (Å²) in [4.78, 5) is 24.8. The van der Waals surface area contributed by atoms with Gasteiger partial charge in [0, 0.05) is 13.7 Å². The lowest BCUT2D eigenvalue weighted by Gasteiger charge is -2.31. The highest BCUT2D eigenvalue weighted by Gasteiger charge is 2.35. The number of nitrogens with zero attached hydrogens (tertiary/aromatic N) is 3. The highest BCUT2D eigenvalue weighted by molar-refractivity contribution is 6.04. The summed E-state index contributed by atoms with van der Waals surface area (Å²) in [5.41, 5.74) is 0. The molecule has 0 aliphatic carbocycles. The van der Waals surface area contributed by atoms with E-state index in [0.29, 0.717) is 32.0 Å². The largest absolute Gasteiger partial charge is 0.407 e. The molecule has 9 nitrogen and oxygen atoms in total. The summed E-state index contributed by atoms with van der Waals surface area (Å²) >= 11 is 0. The Morgan fingerprint density at radius 2 is 2.29 bits per heavy atom. The molecule has 1 fully saturated rings. The molecule has 1 aliphatic rings. The van der Waals surface area contributed by atoms with Crippen LogP contribution in [0.5, 0.6) is 0 Å². The lowest BCUT2D eigenvalue weighted by Crippen LogP contribution is -2.58. The maximum Gasteiger partial charge on any atom is 0.319 e. The highest BCUT2D eigenvalue weighted by atomic mass is 16.5. The predicted molar refractivity (Wildman–Crippen MR) is 72.5 cm³/mol. The van der Waals surface area contributed by atoms with Gasteiger partial charge in [-0.2, -0.15) is 0 Å². The molecule has 21 heavy (non-hydrogen) atoms. The van der Waals surface area contributed by atoms with Crippen molar-refractivity contribution in [3.63, 3.8) is 0 Å². The molecule has 2 N–H and O–H groups in total. The number of carbonyl (C=O) groups is 2. The van der Waals surface area contributed by atoms with Crippen molar-refractivity contribution in [2.45, 2.75) is 25.9 Å². The summed E-state index contributed by atoms with van der Waals surface area (Å²) in [6, 6.07) is -0.286. The van der Waals surface area contributed by atoms with Crippen LogP contribution in [0.15, 0.2) is 4.42 Å². The number of anilines is 1. The average molecular weight is 297 g/mol. The van der Waals surface area contributed by atoms with Crippen LogP contribution >= 0.6 is 0 Å². The predicted octanol–water partition coefficient (Wildman–Crippen LogP) is -0.953. The second kappa shape index (κ2) is 7.14. The number of aromatic nitrogens is 2. The van der Waals surface area contributed by atoms with Crippen LogP contribution in [-0.2, 0) is 20.9 Å². The Hall–Kier alpha value is -2.00. The molecule has 0 radical (unpaired) electrons. The van der Waals surface area contributed by atoms with Crippen LogP contribution in [-0.4, -0.2) is 54.9 Å². The summed E-state index contributed by atoms with van der Waals surface area (Å²) in [5, 5.41) is 13.2. The molecular formula is C12H19N5O4. The number of imide groups is 1. The van der Waals surface area contributed by atoms with Crippen molar-refractivity contribution in [1.29, 1.82) is 0 Å². The van der Waals surface area contributed by atoms with Crippen LogP contribution in [0.2, 0.25) is 0 Å². The van der Waals surface area contributed by atoms with E-state index < -0.39 is 6.04 Å². The van der Waals surface area contributed by atoms with E-state index in [4.69, 9.17) is 9.15 Å². The van der Waals surface area contributed by atoms with Gasteiger partial charge in [-0.1, -0.05) is 12.0 Å². The molecule has 0 bridgehead atoms. The van der Waals surface area contributed by atoms with Gasteiger partial charge in [0.25, 0.3) is 0 Å². The minimum absolute atomic E-state index is 0.0307. The molecule has 9 heteroatoms. The number of nitrogens with one attached hydrogen (secondary N) is 2. The number of ether oxygens (including phenoxy) is 1. The summed E-state index contributed by atoms with van der Waals surface area (Å²) in [7, 11) is 1.62. The number of methoxy groups -OCH3 is 1. The molecule has 0 spiro atoms. The van der Waals surface area contributed by atoms with E-state index in [1.165, 1.54) is 4.90 Å². The Balaban J connectivity index is 2.01. The molecule has 1 unspecified atom stereocenters. The van der Waals surface area contributed by atoms with Crippen LogP contribution in [0.1, 0.15) is 19.2 Å². The Morgan fingerprint density at radius 3 is 3.00 bits per heavy atom. The van der Waals surface area contributed by atoms with Gasteiger partial charge in [0.05, 0.1) is 13.2 Å². The monoisotopic (exact) mass is 297 g/mol. The summed E-state index contributed by atoms with van der Waals surface area (Å²) in [6.45, 7) is 3.54. The van der Waals surface area contributed by atoms with Gasteiger partial charge in [0.15, 0.2) is 0 Å². The minimum Gasteiger partial charge on any atom is -0.407 e. The van der Waals surface area contributed by atoms with E-state index in [0.717, 1.165) is 0 Å². The fourth-order valence-corrected chi connectivity index (χ4v) is 2.08. The fourth-order valence-electron chi connectivity index (χ4n) is 2.08. The van der Waals surface area contributed by atoms with Crippen molar-refractivity contribution in [3.05, 3.63) is 5.89 Å². The molecular weight excluding hydrogens is 278 g/mol. The fraction of sp³-hybridized carbons (Fsp3) is 0.667. The van der Waals surface area contributed by atoms with E-state index >= 15 is 0 Å². The van der Waals surface area contributed by atoms with Gasteiger partial charge in [-0.05, 0) is 6.42 Å². The smallest absolute Gasteiger partial charge is 0.319 e. The molecule has 1 atom stereocenters. The first-order valence-electron chi connectivity index (χ1n) is 6.78. The topological polar surface area (TPSA) is 110 Å². The van der Waals surface area contributed by atoms with E-state index in [2.05, 4.69) is 20.8 Å². The first-order valence-corrected chi connectivity index (χ1v) is 6.78. The zero-order valence-electron chi connectivity index (χ0n) is 12.1. The van der Waals surface area contributed by atoms with Crippen LogP contribution in [0.3, 0.4) is 0 Å². The van der Waals surface area contributed by atoms with E-state index in [-0.39, 0.29) is 24.4 Å². The molecule has 1 aromatic rings. The number of hydrogen-bond acceptors (Lipinski definition) is 8. The molecule has 1 aliphatic heterocycles. The standard InChI is InChI=1S/C12H19N5O4/c1-3-8-11(19)14-9(18)7-17(8)12-16-15-10(21-12)6-13-4-5-20-2/h8,13H,3-7H2,1-2H3,(H,14,18,19). The maximum absolute atomic E-state index is 11.8. The third kappa shape index (κ3) is 3.76. The van der Waals surface area contributed by atoms with Crippen LogP contribution < -0.4 is 15.5 Å². The third-order valence-corrected chi connectivity index (χ3v) is 3.10. The van der Waals surface area contributed by atoms with Crippen molar-refractivity contribution >= 4 is 17.8 Å². The van der Waals surface area contributed by atoms with Gasteiger partial charge in [-0.3, -0.25) is 14.9 Å². The van der Waals surface area contributed by atoms with Gasteiger partial charge in [-0.25, -0.2) is 0 Å². The molecule has 0 saturated carbocycles. The number of amides is 2. The molecule has 2 amide bonds. The first kappa shape index (κ1) is 15.4. The quantitative estimate of drug-likeness (QED) is 0.489. The Morgan fingerprint density at radius 1 is 1.48 bits per heavy atom. The number of piperazine rings is 1. The summed E-state index contributed by atoms with van der Waals surface area (Å²) in [6.07, 6.45) is 0.545. The number of carbonyl (C=O) groups excluding carboxylic acids is 2. The minimum atomic E-state index is -0.475. The van der Waals surface area contributed by atoms with E-state index in [1.54, 1.807) is 7.11 Å². The van der Waals surface area contributed by atoms with Crippen LogP contribution in [0.4, 0.5) is 6.01 Å². The SMILES string of the molecule is CCC1C(=O)NC(=O)CN1c1nnc(CNCCOC)o1. The lowest BCUT2D eigenvalue weighted by molar-refractivity contribution is -0.133. The zero-order valence-corrected chi connectivity index (χ0v) is 12.1. The van der Waals surface area contributed by atoms with Gasteiger partial charge < -0.3 is 19.4 Å². The lowest BCUT2D eigenvalue weighted by atomic mass is 10.1. The van der Waals surface area contributed by atoms with Gasteiger partial charge in [-0.15, -0.1) is 5.10 Å². The van der Waals surface area contributed by atoms with Crippen molar-refractivity contribution in [2.75, 3.05) is 31.7 Å². The number of rotatable bonds is 7. The van der Waals surface area contributed by atoms with Crippen LogP contribution in [0, 0.1) is 0 Å². The van der Waals surface area contributed by atoms with E-state index in [9.17, 15) is 9.59 Å². The first-order chi connectivity index (χ1) is 10.2. The van der Waals surface area contributed by atoms with Gasteiger partial charge in [0.1, 0.15) is 12.6 Å². The summed E-state index contributed by atoms with van der Waals surface area (Å²) < 4.78 is 10.4. The van der Waals surface area contributed by atoms with E-state index in [1.807, 2.05) is 6.92 Å². The molecule has 1 saturated heterocycles. The molecule has 116 valence electrons. The average Bonchev–Trinajstić information content (AvgIpc) is 2.91. The Kier molecular flexibility index (Phi) is 5.23. The van der Waals surface area contributed by atoms with Crippen LogP contribution in [0.25, 0.3) is 0 Å². The molecule has 2 heterocycles. The Bertz CT molecular complexity index is 504. The van der Waals surface area contributed by atoms with Crippen molar-refractivity contribution in [1.82, 2.24) is 20.8 Å². The van der Waals surface area contributed by atoms with Crippen molar-refractivity contribution in [3.8, 4) is 0 Å². The normalized spacial score (nSPS) is 19.0. The number of hydrogen-bond donors (Lipinski definition) is 2. The third-order valence-electron chi connectivity index (χ3n) is 3.10. The Labute approximate surface area is 122 Å². The van der Waals surface area contributed by atoms with Crippen molar-refractivity contribution in [2.24, 2.45) is 0 Å². The second-order valence-electron chi connectivity index (χ2n) is 4.61. The van der Waals surface area contributed by atoms with Gasteiger partial charge in [0.2, 0.25) is 17.7 Å². The molecule has 1 aromatic heterocycles. The zero-order chi connectivity index (χ0) is 15.2. The maximum atomic E-state index is 11.8. The molecule has 2 rings (SSSR count). The molecule has 0 aromatic carbocycles. The second-order valence-corrected chi connectivity index (χ2v) is 4.61. The van der Waals surface area contributed by atoms with Crippen molar-refractivity contribution < 1.29 is 18.7 Å². The van der Waals surface area contributed by atoms with Gasteiger partial charge >= 0.3 is 6.01 Å². The summed E-state index contributed by atoms with van der Waals surface area (Å²) in [5.74, 6) is -0.316. The highest BCUT2D eigenvalue weighted by Crippen LogP contribution is 2.19.